The second-order valence-electron chi connectivity index (χ2n) is 8.15. The summed E-state index contributed by atoms with van der Waals surface area (Å²) in [6.07, 6.45) is 6.74. The van der Waals surface area contributed by atoms with Gasteiger partial charge >= 0.3 is 6.09 Å². The van der Waals surface area contributed by atoms with Crippen LogP contribution in [0.5, 0.6) is 5.75 Å². The molecule has 0 saturated carbocycles. The van der Waals surface area contributed by atoms with Crippen LogP contribution < -0.4 is 10.1 Å². The number of piperazine rings is 1. The first-order valence-corrected chi connectivity index (χ1v) is 11.8. The number of rotatable bonds is 13. The summed E-state index contributed by atoms with van der Waals surface area (Å²) in [6.45, 7) is 12.8. The fourth-order valence-corrected chi connectivity index (χ4v) is 3.68. The molecule has 0 radical (unpaired) electrons. The minimum absolute atomic E-state index is 0.398. The van der Waals surface area contributed by atoms with Gasteiger partial charge in [0.25, 0.3) is 0 Å². The van der Waals surface area contributed by atoms with Gasteiger partial charge in [0.05, 0.1) is 12.3 Å². The topological polar surface area (TPSA) is 54.0 Å². The number of hydrogen-bond donors (Lipinski definition) is 1. The van der Waals surface area contributed by atoms with Crippen LogP contribution in [0.15, 0.2) is 24.3 Å². The summed E-state index contributed by atoms with van der Waals surface area (Å²) in [5.74, 6) is 0.700. The third-order valence-corrected chi connectivity index (χ3v) is 5.89. The van der Waals surface area contributed by atoms with Crippen molar-refractivity contribution < 1.29 is 14.3 Å². The van der Waals surface area contributed by atoms with E-state index in [1.54, 1.807) is 0 Å². The molecule has 6 heteroatoms. The van der Waals surface area contributed by atoms with Crippen LogP contribution in [0.4, 0.5) is 10.5 Å². The molecule has 1 saturated heterocycles. The van der Waals surface area contributed by atoms with E-state index in [-0.39, 0.29) is 0 Å². The highest BCUT2D eigenvalue weighted by Crippen LogP contribution is 2.24. The van der Waals surface area contributed by atoms with Gasteiger partial charge in [-0.2, -0.15) is 0 Å². The fourth-order valence-electron chi connectivity index (χ4n) is 3.68. The minimum atomic E-state index is -0.424. The third-order valence-electron chi connectivity index (χ3n) is 5.89. The molecule has 1 fully saturated rings. The Morgan fingerprint density at radius 1 is 1.03 bits per heavy atom. The molecule has 2 rings (SSSR count). The Hall–Kier alpha value is -1.79. The van der Waals surface area contributed by atoms with Crippen molar-refractivity contribution in [1.29, 1.82) is 0 Å². The number of benzene rings is 1. The Kier molecular flexibility index (Phi) is 11.6. The van der Waals surface area contributed by atoms with E-state index in [9.17, 15) is 4.79 Å². The summed E-state index contributed by atoms with van der Waals surface area (Å²) in [4.78, 5) is 17.1. The van der Waals surface area contributed by atoms with Gasteiger partial charge in [-0.1, -0.05) is 51.7 Å². The molecule has 0 aliphatic carbocycles. The van der Waals surface area contributed by atoms with Crippen LogP contribution in [-0.2, 0) is 4.74 Å². The minimum Gasteiger partial charge on any atom is -0.491 e. The highest BCUT2D eigenvalue weighted by Gasteiger charge is 2.20. The first kappa shape index (κ1) is 24.5. The number of amides is 1. The monoisotopic (exact) mass is 419 g/mol. The molecule has 1 aromatic carbocycles. The lowest BCUT2D eigenvalue weighted by Crippen LogP contribution is -2.50. The van der Waals surface area contributed by atoms with Crippen molar-refractivity contribution in [3.63, 3.8) is 0 Å². The largest absolute Gasteiger partial charge is 0.491 e. The number of nitrogens with one attached hydrogen (secondary N) is 1. The second kappa shape index (κ2) is 14.3. The van der Waals surface area contributed by atoms with E-state index in [1.165, 1.54) is 32.1 Å². The van der Waals surface area contributed by atoms with E-state index in [2.05, 4.69) is 35.9 Å². The highest BCUT2D eigenvalue weighted by molar-refractivity contribution is 5.86. The Balaban J connectivity index is 1.65. The molecule has 170 valence electrons. The van der Waals surface area contributed by atoms with Crippen molar-refractivity contribution in [2.45, 2.75) is 65.3 Å². The first-order valence-electron chi connectivity index (χ1n) is 11.8. The summed E-state index contributed by atoms with van der Waals surface area (Å²) in [5, 5.41) is 2.83. The van der Waals surface area contributed by atoms with Crippen LogP contribution in [0, 0.1) is 0 Å². The molecule has 0 aromatic heterocycles. The van der Waals surface area contributed by atoms with E-state index < -0.39 is 6.09 Å². The van der Waals surface area contributed by atoms with Crippen molar-refractivity contribution >= 4 is 11.8 Å². The summed E-state index contributed by atoms with van der Waals surface area (Å²) in [6, 6.07) is 8.19. The lowest BCUT2D eigenvalue weighted by atomic mass is 10.2. The quantitative estimate of drug-likeness (QED) is 0.456. The maximum Gasteiger partial charge on any atom is 0.411 e. The maximum atomic E-state index is 12.2. The molecule has 1 atom stereocenters. The van der Waals surface area contributed by atoms with Gasteiger partial charge in [-0.15, -0.1) is 0 Å². The molecule has 1 amide bonds. The zero-order chi connectivity index (χ0) is 21.6. The number of para-hydroxylation sites is 2. The van der Waals surface area contributed by atoms with Gasteiger partial charge in [-0.25, -0.2) is 4.79 Å². The molecule has 1 aliphatic rings. The molecule has 1 unspecified atom stereocenters. The average Bonchev–Trinajstić information content (AvgIpc) is 2.77. The van der Waals surface area contributed by atoms with Gasteiger partial charge in [-0.3, -0.25) is 15.1 Å². The van der Waals surface area contributed by atoms with E-state index >= 15 is 0 Å². The Morgan fingerprint density at radius 2 is 1.77 bits per heavy atom. The Morgan fingerprint density at radius 3 is 2.50 bits per heavy atom. The number of carbonyl (C=O) groups is 1. The van der Waals surface area contributed by atoms with Crippen LogP contribution in [0.1, 0.15) is 59.3 Å². The standard InChI is InChI=1S/C24H41N3O3/c1-4-6-7-8-11-19-29-23-13-10-9-12-22(23)25-24(28)30-20-18-26-14-16-27(17-15-26)21(3)5-2/h9-10,12-13,21H,4-8,11,14-20H2,1-3H3,(H,25,28). The molecule has 30 heavy (non-hydrogen) atoms. The molecule has 1 heterocycles. The van der Waals surface area contributed by atoms with Gasteiger partial charge in [0, 0.05) is 38.8 Å². The zero-order valence-electron chi connectivity index (χ0n) is 19.2. The van der Waals surface area contributed by atoms with Gasteiger partial charge in [0.1, 0.15) is 12.4 Å². The number of ether oxygens (including phenoxy) is 2. The average molecular weight is 420 g/mol. The summed E-state index contributed by atoms with van der Waals surface area (Å²) >= 11 is 0. The van der Waals surface area contributed by atoms with Crippen molar-refractivity contribution in [2.75, 3.05) is 51.3 Å². The highest BCUT2D eigenvalue weighted by atomic mass is 16.5. The SMILES string of the molecule is CCCCCCCOc1ccccc1NC(=O)OCCN1CCN(C(C)CC)CC1. The Labute approximate surface area is 182 Å². The predicted octanol–water partition coefficient (Wildman–Crippen LogP) is 5.00. The molecule has 1 aromatic rings. The lowest BCUT2D eigenvalue weighted by molar-refractivity contribution is 0.0815. The van der Waals surface area contributed by atoms with E-state index in [0.717, 1.165) is 39.1 Å². The number of anilines is 1. The summed E-state index contributed by atoms with van der Waals surface area (Å²) in [5.41, 5.74) is 0.665. The second-order valence-corrected chi connectivity index (χ2v) is 8.15. The zero-order valence-corrected chi connectivity index (χ0v) is 19.2. The number of nitrogens with zero attached hydrogens (tertiary/aromatic N) is 2. The van der Waals surface area contributed by atoms with Gasteiger partial charge < -0.3 is 9.47 Å². The normalized spacial score (nSPS) is 16.2. The van der Waals surface area contributed by atoms with E-state index in [4.69, 9.17) is 9.47 Å². The first-order chi connectivity index (χ1) is 14.6. The van der Waals surface area contributed by atoms with Crippen LogP contribution >= 0.6 is 0 Å². The van der Waals surface area contributed by atoms with E-state index in [1.807, 2.05) is 24.3 Å². The van der Waals surface area contributed by atoms with Gasteiger partial charge in [0.2, 0.25) is 0 Å². The third kappa shape index (κ3) is 8.92. The molecule has 6 nitrogen and oxygen atoms in total. The number of unbranched alkanes of at least 4 members (excludes halogenated alkanes) is 4. The van der Waals surface area contributed by atoms with Gasteiger partial charge in [0.15, 0.2) is 0 Å². The molecule has 0 bridgehead atoms. The van der Waals surface area contributed by atoms with Crippen LogP contribution in [0.3, 0.4) is 0 Å². The lowest BCUT2D eigenvalue weighted by Gasteiger charge is -2.37. The van der Waals surface area contributed by atoms with E-state index in [0.29, 0.717) is 30.7 Å². The molecular weight excluding hydrogens is 378 g/mol. The summed E-state index contributed by atoms with van der Waals surface area (Å²) < 4.78 is 11.3. The molecule has 1 N–H and O–H groups in total. The van der Waals surface area contributed by atoms with Crippen LogP contribution in [-0.4, -0.2) is 67.9 Å². The van der Waals surface area contributed by atoms with Crippen molar-refractivity contribution in [2.24, 2.45) is 0 Å². The van der Waals surface area contributed by atoms with Crippen LogP contribution in [0.2, 0.25) is 0 Å². The molecule has 0 spiro atoms. The van der Waals surface area contributed by atoms with Crippen molar-refractivity contribution in [1.82, 2.24) is 9.80 Å². The molecule has 1 aliphatic heterocycles. The predicted molar refractivity (Wildman–Crippen MR) is 123 cm³/mol. The molecular formula is C24H41N3O3. The van der Waals surface area contributed by atoms with Crippen molar-refractivity contribution in [3.8, 4) is 5.75 Å². The number of hydrogen-bond acceptors (Lipinski definition) is 5. The Bertz CT molecular complexity index is 603. The maximum absolute atomic E-state index is 12.2. The van der Waals surface area contributed by atoms with Gasteiger partial charge in [-0.05, 0) is 31.9 Å². The number of carbonyl (C=O) groups excluding carboxylic acids is 1. The smallest absolute Gasteiger partial charge is 0.411 e. The summed E-state index contributed by atoms with van der Waals surface area (Å²) in [7, 11) is 0. The van der Waals surface area contributed by atoms with Crippen LogP contribution in [0.25, 0.3) is 0 Å². The van der Waals surface area contributed by atoms with Crippen molar-refractivity contribution in [3.05, 3.63) is 24.3 Å². The fraction of sp³-hybridized carbons (Fsp3) is 0.708.